The molecular weight excluding hydrogens is 537 g/mol. The number of halogens is 1. The standard InChI is InChI=1S/C23H26IN5O2S/c1-5-29-21(16(4)25-22(31)17-8-6-7-14(2)11-17)27-28-23(29)32-13-20(30)26-19-10-9-18(24)12-15(19)3/h6-12,16H,5,13H2,1-4H3,(H,25,31)(H,26,30)/t16-/m0/s1. The Morgan fingerprint density at radius 2 is 1.94 bits per heavy atom. The van der Waals surface area contributed by atoms with Gasteiger partial charge in [0.15, 0.2) is 11.0 Å². The summed E-state index contributed by atoms with van der Waals surface area (Å²) in [5.74, 6) is 0.610. The van der Waals surface area contributed by atoms with Crippen LogP contribution in [0.1, 0.15) is 47.2 Å². The number of nitrogens with zero attached hydrogens (tertiary/aromatic N) is 3. The van der Waals surface area contributed by atoms with Crippen molar-refractivity contribution in [2.45, 2.75) is 45.4 Å². The van der Waals surface area contributed by atoms with Crippen molar-refractivity contribution in [2.24, 2.45) is 0 Å². The number of hydrogen-bond donors (Lipinski definition) is 2. The van der Waals surface area contributed by atoms with E-state index >= 15 is 0 Å². The fraction of sp³-hybridized carbons (Fsp3) is 0.304. The predicted octanol–water partition coefficient (Wildman–Crippen LogP) is 4.74. The molecule has 0 aliphatic heterocycles. The van der Waals surface area contributed by atoms with Crippen molar-refractivity contribution < 1.29 is 9.59 Å². The second-order valence-electron chi connectivity index (χ2n) is 7.45. The zero-order valence-corrected chi connectivity index (χ0v) is 21.5. The van der Waals surface area contributed by atoms with Crippen LogP contribution in [-0.2, 0) is 11.3 Å². The molecule has 0 radical (unpaired) electrons. The Kier molecular flexibility index (Phi) is 8.30. The van der Waals surface area contributed by atoms with Gasteiger partial charge in [-0.2, -0.15) is 0 Å². The summed E-state index contributed by atoms with van der Waals surface area (Å²) in [7, 11) is 0. The van der Waals surface area contributed by atoms with Gasteiger partial charge in [-0.3, -0.25) is 9.59 Å². The minimum atomic E-state index is -0.326. The topological polar surface area (TPSA) is 88.9 Å². The van der Waals surface area contributed by atoms with Gasteiger partial charge < -0.3 is 15.2 Å². The molecule has 1 atom stereocenters. The van der Waals surface area contributed by atoms with Crippen molar-refractivity contribution in [3.63, 3.8) is 0 Å². The first-order valence-corrected chi connectivity index (χ1v) is 12.3. The molecule has 1 heterocycles. The number of nitrogens with one attached hydrogen (secondary N) is 2. The molecule has 2 N–H and O–H groups in total. The van der Waals surface area contributed by atoms with Crippen LogP contribution in [0.25, 0.3) is 0 Å². The van der Waals surface area contributed by atoms with Crippen molar-refractivity contribution >= 4 is 51.9 Å². The Balaban J connectivity index is 1.63. The van der Waals surface area contributed by atoms with Gasteiger partial charge in [0, 0.05) is 21.4 Å². The number of carbonyl (C=O) groups is 2. The Labute approximate surface area is 205 Å². The number of rotatable bonds is 8. The summed E-state index contributed by atoms with van der Waals surface area (Å²) in [5, 5.41) is 15.1. The summed E-state index contributed by atoms with van der Waals surface area (Å²) in [6, 6.07) is 13.0. The second kappa shape index (κ2) is 11.0. The maximum absolute atomic E-state index is 12.6. The minimum absolute atomic E-state index is 0.104. The first kappa shape index (κ1) is 24.2. The van der Waals surface area contributed by atoms with Crippen LogP contribution >= 0.6 is 34.4 Å². The molecule has 0 saturated carbocycles. The van der Waals surface area contributed by atoms with Gasteiger partial charge in [0.05, 0.1) is 11.8 Å². The second-order valence-corrected chi connectivity index (χ2v) is 9.63. The zero-order chi connectivity index (χ0) is 23.3. The van der Waals surface area contributed by atoms with Crippen LogP contribution in [0.2, 0.25) is 0 Å². The predicted molar refractivity (Wildman–Crippen MR) is 136 cm³/mol. The first-order valence-electron chi connectivity index (χ1n) is 10.3. The highest BCUT2D eigenvalue weighted by Crippen LogP contribution is 2.22. The van der Waals surface area contributed by atoms with E-state index in [-0.39, 0.29) is 23.6 Å². The van der Waals surface area contributed by atoms with Gasteiger partial charge in [-0.1, -0.05) is 29.5 Å². The maximum atomic E-state index is 12.6. The number of hydrogen-bond acceptors (Lipinski definition) is 5. The summed E-state index contributed by atoms with van der Waals surface area (Å²) in [4.78, 5) is 25.0. The van der Waals surface area contributed by atoms with Gasteiger partial charge in [-0.05, 0) is 86.2 Å². The van der Waals surface area contributed by atoms with E-state index in [1.807, 2.05) is 68.7 Å². The molecular formula is C23H26IN5O2S. The van der Waals surface area contributed by atoms with Crippen molar-refractivity contribution in [2.75, 3.05) is 11.1 Å². The Morgan fingerprint density at radius 3 is 2.62 bits per heavy atom. The highest BCUT2D eigenvalue weighted by molar-refractivity contribution is 14.1. The lowest BCUT2D eigenvalue weighted by molar-refractivity contribution is -0.113. The van der Waals surface area contributed by atoms with E-state index in [0.29, 0.717) is 23.1 Å². The van der Waals surface area contributed by atoms with Gasteiger partial charge in [0.1, 0.15) is 0 Å². The summed E-state index contributed by atoms with van der Waals surface area (Å²) in [6.45, 7) is 8.42. The number of aromatic nitrogens is 3. The van der Waals surface area contributed by atoms with Crippen molar-refractivity contribution in [1.29, 1.82) is 0 Å². The summed E-state index contributed by atoms with van der Waals surface area (Å²) >= 11 is 3.57. The molecule has 32 heavy (non-hydrogen) atoms. The van der Waals surface area contributed by atoms with E-state index in [4.69, 9.17) is 0 Å². The number of thioether (sulfide) groups is 1. The van der Waals surface area contributed by atoms with Crippen LogP contribution in [0, 0.1) is 17.4 Å². The quantitative estimate of drug-likeness (QED) is 0.306. The van der Waals surface area contributed by atoms with Crippen molar-refractivity contribution in [3.8, 4) is 0 Å². The molecule has 0 bridgehead atoms. The van der Waals surface area contributed by atoms with Gasteiger partial charge in [-0.25, -0.2) is 0 Å². The molecule has 1 aromatic heterocycles. The first-order chi connectivity index (χ1) is 15.3. The molecule has 0 aliphatic rings. The smallest absolute Gasteiger partial charge is 0.251 e. The van der Waals surface area contributed by atoms with Gasteiger partial charge in [0.25, 0.3) is 5.91 Å². The van der Waals surface area contributed by atoms with Gasteiger partial charge in [-0.15, -0.1) is 10.2 Å². The lowest BCUT2D eigenvalue weighted by atomic mass is 10.1. The molecule has 2 aromatic carbocycles. The largest absolute Gasteiger partial charge is 0.342 e. The highest BCUT2D eigenvalue weighted by atomic mass is 127. The van der Waals surface area contributed by atoms with Crippen molar-refractivity contribution in [1.82, 2.24) is 20.1 Å². The van der Waals surface area contributed by atoms with Crippen LogP contribution in [0.3, 0.4) is 0 Å². The molecule has 0 aliphatic carbocycles. The zero-order valence-electron chi connectivity index (χ0n) is 18.5. The fourth-order valence-electron chi connectivity index (χ4n) is 3.24. The van der Waals surface area contributed by atoms with E-state index < -0.39 is 0 Å². The molecule has 3 aromatic rings. The molecule has 0 fully saturated rings. The lowest BCUT2D eigenvalue weighted by Crippen LogP contribution is -2.28. The van der Waals surface area contributed by atoms with Gasteiger partial charge in [0.2, 0.25) is 5.91 Å². The van der Waals surface area contributed by atoms with Crippen LogP contribution < -0.4 is 10.6 Å². The molecule has 7 nitrogen and oxygen atoms in total. The monoisotopic (exact) mass is 563 g/mol. The van der Waals surface area contributed by atoms with Crippen LogP contribution in [-0.4, -0.2) is 32.3 Å². The third-order valence-electron chi connectivity index (χ3n) is 4.87. The third-order valence-corrected chi connectivity index (χ3v) is 6.51. The summed E-state index contributed by atoms with van der Waals surface area (Å²) < 4.78 is 3.05. The lowest BCUT2D eigenvalue weighted by Gasteiger charge is -2.15. The van der Waals surface area contributed by atoms with Crippen LogP contribution in [0.4, 0.5) is 5.69 Å². The Bertz CT molecular complexity index is 1130. The normalized spacial score (nSPS) is 11.8. The van der Waals surface area contributed by atoms with Crippen LogP contribution in [0.15, 0.2) is 47.6 Å². The van der Waals surface area contributed by atoms with E-state index in [9.17, 15) is 9.59 Å². The average molecular weight is 563 g/mol. The number of carbonyl (C=O) groups excluding carboxylic acids is 2. The van der Waals surface area contributed by atoms with E-state index in [0.717, 1.165) is 20.4 Å². The number of aryl methyl sites for hydroxylation is 2. The average Bonchev–Trinajstić information content (AvgIpc) is 3.17. The van der Waals surface area contributed by atoms with E-state index in [1.54, 1.807) is 6.07 Å². The van der Waals surface area contributed by atoms with E-state index in [2.05, 4.69) is 43.4 Å². The molecule has 3 rings (SSSR count). The number of anilines is 1. The SMILES string of the molecule is CCn1c(SCC(=O)Nc2ccc(I)cc2C)nnc1[C@H](C)NC(=O)c1cccc(C)c1. The van der Waals surface area contributed by atoms with Crippen LogP contribution in [0.5, 0.6) is 0 Å². The number of benzene rings is 2. The van der Waals surface area contributed by atoms with E-state index in [1.165, 1.54) is 11.8 Å². The highest BCUT2D eigenvalue weighted by Gasteiger charge is 2.20. The van der Waals surface area contributed by atoms with Gasteiger partial charge >= 0.3 is 0 Å². The molecule has 0 saturated heterocycles. The Morgan fingerprint density at radius 1 is 1.16 bits per heavy atom. The summed E-state index contributed by atoms with van der Waals surface area (Å²) in [5.41, 5.74) is 3.46. The molecule has 0 unspecified atom stereocenters. The molecule has 0 spiro atoms. The third kappa shape index (κ3) is 6.10. The number of amides is 2. The molecule has 2 amide bonds. The molecule has 168 valence electrons. The Hall–Kier alpha value is -2.40. The summed E-state index contributed by atoms with van der Waals surface area (Å²) in [6.07, 6.45) is 0. The fourth-order valence-corrected chi connectivity index (χ4v) is 4.70. The molecule has 9 heteroatoms. The van der Waals surface area contributed by atoms with Crippen molar-refractivity contribution in [3.05, 3.63) is 68.5 Å². The maximum Gasteiger partial charge on any atom is 0.251 e. The minimum Gasteiger partial charge on any atom is -0.342 e.